The monoisotopic (exact) mass is 721 g/mol. The fourth-order valence-corrected chi connectivity index (χ4v) is 10.3. The quantitative estimate of drug-likeness (QED) is 0.165. The van der Waals surface area contributed by atoms with Crippen LogP contribution in [0.15, 0.2) is 212 Å². The standard InChI is InChI=1S/C56H35N/c1-2-15-36(16-3-1)37-29-31-38(32-30-37)53-44-20-4-6-22-46(44)54(47-23-7-5-21-45(47)53)52-34-33-39(35-57-52)40-24-14-25-48-43-19-10-13-28-51(43)56(55(40)48)49-26-11-8-17-41(49)42-18-9-12-27-50(42)56/h1-35H. The zero-order valence-corrected chi connectivity index (χ0v) is 31.2. The molecule has 1 aromatic heterocycles. The molecule has 264 valence electrons. The molecule has 1 spiro atoms. The molecule has 0 saturated carbocycles. The fraction of sp³-hybridized carbons (Fsp3) is 0.0179. The Morgan fingerprint density at radius 1 is 0.281 bits per heavy atom. The number of rotatable bonds is 4. The molecule has 0 atom stereocenters. The Balaban J connectivity index is 1.04. The van der Waals surface area contributed by atoms with Gasteiger partial charge in [0.25, 0.3) is 0 Å². The van der Waals surface area contributed by atoms with Crippen molar-refractivity contribution in [3.8, 4) is 66.9 Å². The van der Waals surface area contributed by atoms with Crippen molar-refractivity contribution in [2.75, 3.05) is 0 Å². The zero-order valence-electron chi connectivity index (χ0n) is 31.2. The first kappa shape index (κ1) is 31.9. The highest BCUT2D eigenvalue weighted by molar-refractivity contribution is 6.21. The second-order valence-corrected chi connectivity index (χ2v) is 15.3. The van der Waals surface area contributed by atoms with Gasteiger partial charge in [-0.25, -0.2) is 0 Å². The van der Waals surface area contributed by atoms with Crippen molar-refractivity contribution in [2.45, 2.75) is 5.41 Å². The summed E-state index contributed by atoms with van der Waals surface area (Å²) in [5.41, 5.74) is 19.6. The topological polar surface area (TPSA) is 12.9 Å². The van der Waals surface area contributed by atoms with E-state index < -0.39 is 5.41 Å². The highest BCUT2D eigenvalue weighted by Gasteiger charge is 2.52. The molecule has 10 aromatic rings. The van der Waals surface area contributed by atoms with Gasteiger partial charge in [0, 0.05) is 17.3 Å². The van der Waals surface area contributed by atoms with Crippen LogP contribution in [-0.2, 0) is 5.41 Å². The van der Waals surface area contributed by atoms with Crippen molar-refractivity contribution < 1.29 is 0 Å². The molecule has 2 aliphatic rings. The molecule has 0 unspecified atom stereocenters. The predicted octanol–water partition coefficient (Wildman–Crippen LogP) is 14.4. The summed E-state index contributed by atoms with van der Waals surface area (Å²) >= 11 is 0. The number of aromatic nitrogens is 1. The highest BCUT2D eigenvalue weighted by atomic mass is 14.7. The zero-order chi connectivity index (χ0) is 37.5. The summed E-state index contributed by atoms with van der Waals surface area (Å²) in [6.45, 7) is 0. The van der Waals surface area contributed by atoms with Crippen LogP contribution >= 0.6 is 0 Å². The van der Waals surface area contributed by atoms with Crippen LogP contribution in [-0.4, -0.2) is 4.98 Å². The molecule has 1 heterocycles. The van der Waals surface area contributed by atoms with Crippen LogP contribution in [0.3, 0.4) is 0 Å². The van der Waals surface area contributed by atoms with E-state index in [0.717, 1.165) is 11.3 Å². The lowest BCUT2D eigenvalue weighted by molar-refractivity contribution is 0.795. The molecular weight excluding hydrogens is 687 g/mol. The summed E-state index contributed by atoms with van der Waals surface area (Å²) in [7, 11) is 0. The molecule has 0 radical (unpaired) electrons. The first-order valence-electron chi connectivity index (χ1n) is 19.8. The maximum atomic E-state index is 5.35. The van der Waals surface area contributed by atoms with Gasteiger partial charge in [0.05, 0.1) is 11.1 Å². The third-order valence-corrected chi connectivity index (χ3v) is 12.6. The van der Waals surface area contributed by atoms with Crippen molar-refractivity contribution in [3.63, 3.8) is 0 Å². The minimum atomic E-state index is -0.421. The number of nitrogens with zero attached hydrogens (tertiary/aromatic N) is 1. The molecular formula is C56H35N. The number of benzene rings is 9. The maximum Gasteiger partial charge on any atom is 0.0731 e. The van der Waals surface area contributed by atoms with Crippen molar-refractivity contribution in [3.05, 3.63) is 235 Å². The molecule has 57 heavy (non-hydrogen) atoms. The summed E-state index contributed by atoms with van der Waals surface area (Å²) < 4.78 is 0. The molecule has 1 nitrogen and oxygen atoms in total. The third kappa shape index (κ3) is 4.48. The van der Waals surface area contributed by atoms with Gasteiger partial charge in [0.1, 0.15) is 0 Å². The second kappa shape index (κ2) is 12.3. The van der Waals surface area contributed by atoms with E-state index in [4.69, 9.17) is 4.98 Å². The minimum absolute atomic E-state index is 0.421. The molecule has 0 saturated heterocycles. The van der Waals surface area contributed by atoms with Crippen LogP contribution in [0.1, 0.15) is 22.3 Å². The maximum absolute atomic E-state index is 5.35. The Labute approximate surface area is 332 Å². The van der Waals surface area contributed by atoms with Crippen molar-refractivity contribution in [1.82, 2.24) is 4.98 Å². The number of hydrogen-bond donors (Lipinski definition) is 0. The van der Waals surface area contributed by atoms with Crippen molar-refractivity contribution >= 4 is 21.5 Å². The smallest absolute Gasteiger partial charge is 0.0731 e. The second-order valence-electron chi connectivity index (χ2n) is 15.3. The fourth-order valence-electron chi connectivity index (χ4n) is 10.3. The highest BCUT2D eigenvalue weighted by Crippen LogP contribution is 2.64. The van der Waals surface area contributed by atoms with Crippen molar-refractivity contribution in [1.29, 1.82) is 0 Å². The van der Waals surface area contributed by atoms with Gasteiger partial charge in [-0.15, -0.1) is 0 Å². The average molecular weight is 722 g/mol. The predicted molar refractivity (Wildman–Crippen MR) is 237 cm³/mol. The Hall–Kier alpha value is -7.35. The van der Waals surface area contributed by atoms with Crippen LogP contribution in [0.25, 0.3) is 88.4 Å². The van der Waals surface area contributed by atoms with Crippen LogP contribution < -0.4 is 0 Å². The Kier molecular flexibility index (Phi) is 6.91. The van der Waals surface area contributed by atoms with Gasteiger partial charge in [-0.05, 0) is 99.9 Å². The Morgan fingerprint density at radius 3 is 1.26 bits per heavy atom. The minimum Gasteiger partial charge on any atom is -0.256 e. The molecule has 0 bridgehead atoms. The lowest BCUT2D eigenvalue weighted by atomic mass is 9.69. The largest absolute Gasteiger partial charge is 0.256 e. The van der Waals surface area contributed by atoms with Crippen LogP contribution in [0.2, 0.25) is 0 Å². The summed E-state index contributed by atoms with van der Waals surface area (Å²) in [5, 5.41) is 4.85. The molecule has 12 rings (SSSR count). The van der Waals surface area contributed by atoms with E-state index >= 15 is 0 Å². The molecule has 2 aliphatic carbocycles. The number of pyridine rings is 1. The average Bonchev–Trinajstić information content (AvgIpc) is 3.76. The van der Waals surface area contributed by atoms with Gasteiger partial charge in [-0.2, -0.15) is 0 Å². The molecule has 1 heteroatoms. The molecule has 9 aromatic carbocycles. The lowest BCUT2D eigenvalue weighted by Gasteiger charge is -2.32. The Morgan fingerprint density at radius 2 is 0.702 bits per heavy atom. The van der Waals surface area contributed by atoms with Crippen LogP contribution in [0.5, 0.6) is 0 Å². The summed E-state index contributed by atoms with van der Waals surface area (Å²) in [4.78, 5) is 5.35. The van der Waals surface area contributed by atoms with Crippen molar-refractivity contribution in [2.24, 2.45) is 0 Å². The van der Waals surface area contributed by atoms with Gasteiger partial charge < -0.3 is 0 Å². The van der Waals surface area contributed by atoms with E-state index in [1.807, 2.05) is 0 Å². The Bertz CT molecular complexity index is 3090. The van der Waals surface area contributed by atoms with Gasteiger partial charge in [-0.1, -0.05) is 200 Å². The van der Waals surface area contributed by atoms with E-state index in [2.05, 4.69) is 212 Å². The normalized spacial score (nSPS) is 13.1. The molecule has 0 fully saturated rings. The van der Waals surface area contributed by atoms with Gasteiger partial charge >= 0.3 is 0 Å². The molecule has 0 N–H and O–H groups in total. The van der Waals surface area contributed by atoms with E-state index in [0.29, 0.717) is 0 Å². The van der Waals surface area contributed by atoms with E-state index in [-0.39, 0.29) is 0 Å². The van der Waals surface area contributed by atoms with Crippen LogP contribution in [0.4, 0.5) is 0 Å². The lowest BCUT2D eigenvalue weighted by Crippen LogP contribution is -2.26. The summed E-state index contributed by atoms with van der Waals surface area (Å²) in [6.07, 6.45) is 2.11. The van der Waals surface area contributed by atoms with Gasteiger partial charge in [0.15, 0.2) is 0 Å². The summed E-state index contributed by atoms with van der Waals surface area (Å²) in [6, 6.07) is 75.7. The van der Waals surface area contributed by atoms with E-state index in [1.165, 1.54) is 99.4 Å². The summed E-state index contributed by atoms with van der Waals surface area (Å²) in [5.74, 6) is 0. The van der Waals surface area contributed by atoms with Crippen LogP contribution in [0, 0.1) is 0 Å². The number of hydrogen-bond acceptors (Lipinski definition) is 1. The SMILES string of the molecule is c1ccc(-c2ccc(-c3c4ccccc4c(-c4ccc(-c5cccc6c5C5(c7ccccc7-c7ccccc75)c5ccccc5-6)cn4)c4ccccc34)cc2)cc1. The van der Waals surface area contributed by atoms with E-state index in [9.17, 15) is 0 Å². The molecule has 0 aliphatic heterocycles. The van der Waals surface area contributed by atoms with Gasteiger partial charge in [0.2, 0.25) is 0 Å². The first-order valence-corrected chi connectivity index (χ1v) is 19.8. The number of fused-ring (bicyclic) bond motifs is 12. The van der Waals surface area contributed by atoms with Gasteiger partial charge in [-0.3, -0.25) is 4.98 Å². The first-order chi connectivity index (χ1) is 28.3. The third-order valence-electron chi connectivity index (χ3n) is 12.6. The molecule has 0 amide bonds. The van der Waals surface area contributed by atoms with E-state index in [1.54, 1.807) is 0 Å².